The van der Waals surface area contributed by atoms with E-state index in [1.165, 1.54) is 17.5 Å². The Morgan fingerprint density at radius 3 is 2.41 bits per heavy atom. The Labute approximate surface area is 171 Å². The van der Waals surface area contributed by atoms with Crippen LogP contribution in [0.25, 0.3) is 0 Å². The first-order valence-electron chi connectivity index (χ1n) is 9.62. The Bertz CT molecular complexity index is 941. The molecule has 0 aliphatic carbocycles. The van der Waals surface area contributed by atoms with Crippen LogP contribution in [0.5, 0.6) is 11.5 Å². The minimum absolute atomic E-state index is 0.0522. The molecule has 2 aromatic carbocycles. The van der Waals surface area contributed by atoms with Crippen molar-refractivity contribution in [2.24, 2.45) is 0 Å². The van der Waals surface area contributed by atoms with Crippen molar-refractivity contribution in [2.75, 3.05) is 25.5 Å². The number of hydrogen-bond acceptors (Lipinski definition) is 5. The summed E-state index contributed by atoms with van der Waals surface area (Å²) >= 11 is 0. The number of benzene rings is 2. The molecular weight excluding hydrogens is 392 g/mol. The van der Waals surface area contributed by atoms with E-state index in [9.17, 15) is 13.2 Å². The second-order valence-corrected chi connectivity index (χ2v) is 8.80. The largest absolute Gasteiger partial charge is 0.495 e. The number of carbonyl (C=O) groups excluding carboxylic acids is 1. The smallest absolute Gasteiger partial charge is 0.265 e. The van der Waals surface area contributed by atoms with E-state index in [2.05, 4.69) is 5.32 Å². The van der Waals surface area contributed by atoms with Gasteiger partial charge in [-0.15, -0.1) is 0 Å². The maximum absolute atomic E-state index is 13.1. The van der Waals surface area contributed by atoms with Gasteiger partial charge in [0.25, 0.3) is 5.91 Å². The summed E-state index contributed by atoms with van der Waals surface area (Å²) in [4.78, 5) is 12.6. The van der Waals surface area contributed by atoms with Crippen LogP contribution in [0.15, 0.2) is 53.4 Å². The van der Waals surface area contributed by atoms with Gasteiger partial charge in [0, 0.05) is 18.8 Å². The lowest BCUT2D eigenvalue weighted by atomic mass is 10.2. The Hall–Kier alpha value is -2.58. The summed E-state index contributed by atoms with van der Waals surface area (Å²) in [6, 6.07) is 13.6. The zero-order valence-electron chi connectivity index (χ0n) is 16.6. The summed E-state index contributed by atoms with van der Waals surface area (Å²) in [5.41, 5.74) is 0.370. The fourth-order valence-electron chi connectivity index (χ4n) is 3.20. The molecule has 0 unspecified atom stereocenters. The van der Waals surface area contributed by atoms with Crippen LogP contribution in [0.2, 0.25) is 0 Å². The van der Waals surface area contributed by atoms with Crippen LogP contribution in [0.1, 0.15) is 26.2 Å². The summed E-state index contributed by atoms with van der Waals surface area (Å²) in [7, 11) is -2.28. The monoisotopic (exact) mass is 418 g/mol. The number of amides is 1. The van der Waals surface area contributed by atoms with Gasteiger partial charge in [-0.05, 0) is 50.1 Å². The van der Waals surface area contributed by atoms with E-state index in [1.807, 2.05) is 18.2 Å². The van der Waals surface area contributed by atoms with Crippen molar-refractivity contribution in [3.63, 3.8) is 0 Å². The fraction of sp³-hybridized carbons (Fsp3) is 0.381. The zero-order chi connectivity index (χ0) is 20.9. The molecule has 3 rings (SSSR count). The molecule has 7 nitrogen and oxygen atoms in total. The van der Waals surface area contributed by atoms with Crippen LogP contribution >= 0.6 is 0 Å². The first kappa shape index (κ1) is 21.1. The summed E-state index contributed by atoms with van der Waals surface area (Å²) in [6.07, 6.45) is 1.96. The van der Waals surface area contributed by atoms with E-state index in [1.54, 1.807) is 31.2 Å². The molecule has 0 radical (unpaired) electrons. The minimum atomic E-state index is -3.71. The lowest BCUT2D eigenvalue weighted by Gasteiger charge is -2.26. The number of sulfonamides is 1. The molecular formula is C21H26N2O5S. The van der Waals surface area contributed by atoms with Crippen molar-refractivity contribution in [3.05, 3.63) is 48.5 Å². The number of ether oxygens (including phenoxy) is 2. The van der Waals surface area contributed by atoms with Crippen molar-refractivity contribution in [2.45, 2.75) is 37.2 Å². The second-order valence-electron chi connectivity index (χ2n) is 6.89. The highest BCUT2D eigenvalue weighted by atomic mass is 32.2. The first-order chi connectivity index (χ1) is 13.9. The van der Waals surface area contributed by atoms with E-state index in [-0.39, 0.29) is 16.6 Å². The zero-order valence-corrected chi connectivity index (χ0v) is 17.4. The number of nitrogens with zero attached hydrogens (tertiary/aromatic N) is 1. The van der Waals surface area contributed by atoms with Crippen molar-refractivity contribution in [3.8, 4) is 11.5 Å². The van der Waals surface area contributed by atoms with E-state index in [4.69, 9.17) is 9.47 Å². The highest BCUT2D eigenvalue weighted by Gasteiger charge is 2.29. The maximum atomic E-state index is 13.1. The molecule has 0 saturated carbocycles. The van der Waals surface area contributed by atoms with Gasteiger partial charge in [0.1, 0.15) is 16.4 Å². The standard InChI is InChI=1S/C21H26N2O5S/c1-16(28-18-9-5-3-6-10-18)21(24)22-17-11-12-19(27-2)20(15-17)29(25,26)23-13-7-4-8-14-23/h3,5-6,9-12,15-16H,4,7-8,13-14H2,1-2H3,(H,22,24)/t16-/m1/s1. The van der Waals surface area contributed by atoms with Crippen molar-refractivity contribution in [1.29, 1.82) is 0 Å². The molecule has 0 spiro atoms. The molecule has 1 heterocycles. The van der Waals surface area contributed by atoms with Crippen LogP contribution in [-0.2, 0) is 14.8 Å². The van der Waals surface area contributed by atoms with Gasteiger partial charge in [0.2, 0.25) is 10.0 Å². The average Bonchev–Trinajstić information content (AvgIpc) is 2.75. The molecule has 1 atom stereocenters. The molecule has 1 aliphatic heterocycles. The number of methoxy groups -OCH3 is 1. The number of rotatable bonds is 7. The van der Waals surface area contributed by atoms with Crippen molar-refractivity contribution >= 4 is 21.6 Å². The normalized spacial score (nSPS) is 16.1. The molecule has 29 heavy (non-hydrogen) atoms. The number of piperidine rings is 1. The highest BCUT2D eigenvalue weighted by molar-refractivity contribution is 7.89. The summed E-state index contributed by atoms with van der Waals surface area (Å²) in [5.74, 6) is 0.459. The third-order valence-electron chi connectivity index (χ3n) is 4.79. The average molecular weight is 419 g/mol. The first-order valence-corrected chi connectivity index (χ1v) is 11.1. The molecule has 1 aliphatic rings. The van der Waals surface area contributed by atoms with Gasteiger partial charge in [-0.3, -0.25) is 4.79 Å². The Morgan fingerprint density at radius 2 is 1.76 bits per heavy atom. The number of carbonyl (C=O) groups is 1. The predicted octanol–water partition coefficient (Wildman–Crippen LogP) is 3.28. The summed E-state index contributed by atoms with van der Waals surface area (Å²) in [5, 5.41) is 2.73. The van der Waals surface area contributed by atoms with Crippen LogP contribution in [0, 0.1) is 0 Å². The number of anilines is 1. The second kappa shape index (κ2) is 9.28. The molecule has 0 aromatic heterocycles. The van der Waals surface area contributed by atoms with E-state index in [0.717, 1.165) is 19.3 Å². The van der Waals surface area contributed by atoms with Crippen molar-refractivity contribution in [1.82, 2.24) is 4.31 Å². The Balaban J connectivity index is 1.78. The van der Waals surface area contributed by atoms with Gasteiger partial charge in [0.15, 0.2) is 6.10 Å². The fourth-order valence-corrected chi connectivity index (χ4v) is 4.90. The topological polar surface area (TPSA) is 84.9 Å². The summed E-state index contributed by atoms with van der Waals surface area (Å²) in [6.45, 7) is 2.62. The molecule has 1 amide bonds. The maximum Gasteiger partial charge on any atom is 0.265 e. The third kappa shape index (κ3) is 5.07. The van der Waals surface area contributed by atoms with Crippen LogP contribution in [-0.4, -0.2) is 44.9 Å². The van der Waals surface area contributed by atoms with E-state index >= 15 is 0 Å². The van der Waals surface area contributed by atoms with Gasteiger partial charge in [-0.2, -0.15) is 4.31 Å². The molecule has 8 heteroatoms. The van der Waals surface area contributed by atoms with Gasteiger partial charge in [0.05, 0.1) is 7.11 Å². The molecule has 1 saturated heterocycles. The molecule has 1 N–H and O–H groups in total. The van der Waals surface area contributed by atoms with Gasteiger partial charge < -0.3 is 14.8 Å². The molecule has 156 valence electrons. The van der Waals surface area contributed by atoms with Gasteiger partial charge in [-0.1, -0.05) is 24.6 Å². The number of nitrogens with one attached hydrogen (secondary N) is 1. The van der Waals surface area contributed by atoms with Crippen LogP contribution < -0.4 is 14.8 Å². The van der Waals surface area contributed by atoms with Crippen LogP contribution in [0.3, 0.4) is 0 Å². The van der Waals surface area contributed by atoms with E-state index in [0.29, 0.717) is 24.5 Å². The van der Waals surface area contributed by atoms with Crippen LogP contribution in [0.4, 0.5) is 5.69 Å². The molecule has 2 aromatic rings. The number of hydrogen-bond donors (Lipinski definition) is 1. The Morgan fingerprint density at radius 1 is 1.07 bits per heavy atom. The molecule has 0 bridgehead atoms. The van der Waals surface area contributed by atoms with Crippen molar-refractivity contribution < 1.29 is 22.7 Å². The Kier molecular flexibility index (Phi) is 6.76. The SMILES string of the molecule is COc1ccc(NC(=O)[C@@H](C)Oc2ccccc2)cc1S(=O)(=O)N1CCCCC1. The quantitative estimate of drug-likeness (QED) is 0.746. The lowest BCUT2D eigenvalue weighted by molar-refractivity contribution is -0.122. The predicted molar refractivity (Wildman–Crippen MR) is 111 cm³/mol. The highest BCUT2D eigenvalue weighted by Crippen LogP contribution is 2.31. The summed E-state index contributed by atoms with van der Waals surface area (Å²) < 4.78 is 38.5. The third-order valence-corrected chi connectivity index (χ3v) is 6.71. The molecule has 1 fully saturated rings. The van der Waals surface area contributed by atoms with Gasteiger partial charge >= 0.3 is 0 Å². The minimum Gasteiger partial charge on any atom is -0.495 e. The number of para-hydroxylation sites is 1. The lowest BCUT2D eigenvalue weighted by Crippen LogP contribution is -2.36. The van der Waals surface area contributed by atoms with Gasteiger partial charge in [-0.25, -0.2) is 8.42 Å². The van der Waals surface area contributed by atoms with E-state index < -0.39 is 16.1 Å².